The molecular weight excluding hydrogens is 560 g/mol. The van der Waals surface area contributed by atoms with Crippen LogP contribution in [0.5, 0.6) is 5.75 Å². The molecule has 1 fully saturated rings. The van der Waals surface area contributed by atoms with Crippen molar-refractivity contribution in [2.75, 3.05) is 26.3 Å². The number of fused-ring (bicyclic) bond motifs is 2. The van der Waals surface area contributed by atoms with Crippen molar-refractivity contribution in [2.45, 2.75) is 51.1 Å². The summed E-state index contributed by atoms with van der Waals surface area (Å²) >= 11 is 0. The number of halogens is 4. The van der Waals surface area contributed by atoms with Gasteiger partial charge in [0.15, 0.2) is 23.0 Å². The molecule has 0 spiro atoms. The third-order valence-electron chi connectivity index (χ3n) is 6.68. The number of carbonyl (C=O) groups excluding carboxylic acids is 1. The highest BCUT2D eigenvalue weighted by atomic mass is 19.4. The molecule has 1 amide bonds. The van der Waals surface area contributed by atoms with E-state index < -0.39 is 35.8 Å². The van der Waals surface area contributed by atoms with Crippen molar-refractivity contribution >= 4 is 22.6 Å². The quantitative estimate of drug-likeness (QED) is 0.299. The molecule has 3 aromatic heterocycles. The van der Waals surface area contributed by atoms with Crippen LogP contribution < -0.4 is 10.1 Å². The molecule has 42 heavy (non-hydrogen) atoms. The summed E-state index contributed by atoms with van der Waals surface area (Å²) in [6.45, 7) is 4.83. The van der Waals surface area contributed by atoms with Gasteiger partial charge in [-0.3, -0.25) is 9.30 Å². The zero-order valence-corrected chi connectivity index (χ0v) is 23.2. The summed E-state index contributed by atoms with van der Waals surface area (Å²) < 4.78 is 69.7. The lowest BCUT2D eigenvalue weighted by Gasteiger charge is -2.30. The highest BCUT2D eigenvalue weighted by Gasteiger charge is 2.47. The molecule has 0 bridgehead atoms. The van der Waals surface area contributed by atoms with Gasteiger partial charge in [-0.15, -0.1) is 10.2 Å². The SMILES string of the molecule is CC(C)(C)OC(=O)N[C@H]1CCN([C@H](c2ccc3nnc(-c4ccc5cc(F)c(OCCO)cc5n4)n3c2)C(F)(F)F)C1. The first-order chi connectivity index (χ1) is 19.8. The van der Waals surface area contributed by atoms with Crippen molar-refractivity contribution < 1.29 is 36.9 Å². The van der Waals surface area contributed by atoms with Gasteiger partial charge in [0.05, 0.1) is 12.1 Å². The molecule has 224 valence electrons. The molecule has 1 aromatic carbocycles. The normalized spacial score (nSPS) is 17.1. The molecule has 1 aliphatic rings. The molecule has 0 saturated carbocycles. The number of hydrogen-bond acceptors (Lipinski definition) is 8. The summed E-state index contributed by atoms with van der Waals surface area (Å²) in [6.07, 6.45) is -3.62. The minimum absolute atomic E-state index is 0.0139. The molecule has 4 aromatic rings. The van der Waals surface area contributed by atoms with Crippen LogP contribution in [0.25, 0.3) is 28.1 Å². The maximum Gasteiger partial charge on any atom is 0.408 e. The molecule has 0 unspecified atom stereocenters. The number of aliphatic hydroxyl groups excluding tert-OH is 1. The zero-order valence-electron chi connectivity index (χ0n) is 23.2. The number of rotatable bonds is 7. The number of carbonyl (C=O) groups is 1. The van der Waals surface area contributed by atoms with Crippen molar-refractivity contribution in [1.29, 1.82) is 0 Å². The second-order valence-corrected chi connectivity index (χ2v) is 11.0. The molecule has 14 heteroatoms. The van der Waals surface area contributed by atoms with Crippen LogP contribution in [0, 0.1) is 5.82 Å². The summed E-state index contributed by atoms with van der Waals surface area (Å²) in [5.74, 6) is -0.512. The topological polar surface area (TPSA) is 114 Å². The number of nitrogens with zero attached hydrogens (tertiary/aromatic N) is 5. The Hall–Kier alpha value is -4.04. The van der Waals surface area contributed by atoms with E-state index in [1.807, 2.05) is 0 Å². The minimum atomic E-state index is -4.61. The summed E-state index contributed by atoms with van der Waals surface area (Å²) in [7, 11) is 0. The molecule has 2 N–H and O–H groups in total. The van der Waals surface area contributed by atoms with E-state index >= 15 is 0 Å². The van der Waals surface area contributed by atoms with Crippen LogP contribution in [-0.2, 0) is 4.74 Å². The number of aromatic nitrogens is 4. The maximum atomic E-state index is 14.5. The Morgan fingerprint density at radius 3 is 2.67 bits per heavy atom. The number of benzene rings is 1. The van der Waals surface area contributed by atoms with Crippen molar-refractivity contribution in [3.05, 3.63) is 54.0 Å². The number of ether oxygens (including phenoxy) is 2. The van der Waals surface area contributed by atoms with Crippen LogP contribution in [-0.4, -0.2) is 79.8 Å². The van der Waals surface area contributed by atoms with Gasteiger partial charge in [-0.1, -0.05) is 12.1 Å². The number of pyridine rings is 2. The number of alkyl halides is 3. The number of likely N-dealkylation sites (tertiary alicyclic amines) is 1. The molecule has 0 radical (unpaired) electrons. The molecule has 5 rings (SSSR count). The van der Waals surface area contributed by atoms with Gasteiger partial charge in [0.2, 0.25) is 0 Å². The van der Waals surface area contributed by atoms with Gasteiger partial charge >= 0.3 is 12.3 Å². The van der Waals surface area contributed by atoms with Crippen LogP contribution in [0.15, 0.2) is 42.6 Å². The van der Waals surface area contributed by atoms with Crippen molar-refractivity contribution in [2.24, 2.45) is 0 Å². The van der Waals surface area contributed by atoms with E-state index in [0.717, 1.165) is 0 Å². The molecular formula is C28H30F4N6O4. The summed E-state index contributed by atoms with van der Waals surface area (Å²) in [5.41, 5.74) is 0.223. The van der Waals surface area contributed by atoms with Crippen molar-refractivity contribution in [3.63, 3.8) is 0 Å². The van der Waals surface area contributed by atoms with Gasteiger partial charge in [0, 0.05) is 36.8 Å². The van der Waals surface area contributed by atoms with E-state index in [2.05, 4.69) is 20.5 Å². The fourth-order valence-electron chi connectivity index (χ4n) is 4.98. The number of nitrogens with one attached hydrogen (secondary N) is 1. The minimum Gasteiger partial charge on any atom is -0.488 e. The van der Waals surface area contributed by atoms with Crippen molar-refractivity contribution in [3.8, 4) is 17.3 Å². The fourth-order valence-corrected chi connectivity index (χ4v) is 4.98. The summed E-state index contributed by atoms with van der Waals surface area (Å²) in [4.78, 5) is 18.0. The van der Waals surface area contributed by atoms with Gasteiger partial charge in [0.1, 0.15) is 23.9 Å². The van der Waals surface area contributed by atoms with Crippen molar-refractivity contribution in [1.82, 2.24) is 29.8 Å². The first kappa shape index (κ1) is 29.5. The summed E-state index contributed by atoms with van der Waals surface area (Å²) in [5, 5.41) is 20.4. The maximum absolute atomic E-state index is 14.5. The average molecular weight is 591 g/mol. The third-order valence-corrected chi connectivity index (χ3v) is 6.68. The predicted molar refractivity (Wildman–Crippen MR) is 144 cm³/mol. The van der Waals surface area contributed by atoms with Crippen LogP contribution in [0.1, 0.15) is 38.8 Å². The largest absolute Gasteiger partial charge is 0.488 e. The number of aliphatic hydroxyl groups is 1. The lowest BCUT2D eigenvalue weighted by molar-refractivity contribution is -0.184. The smallest absolute Gasteiger partial charge is 0.408 e. The highest BCUT2D eigenvalue weighted by molar-refractivity contribution is 5.82. The lowest BCUT2D eigenvalue weighted by Crippen LogP contribution is -2.42. The van der Waals surface area contributed by atoms with E-state index in [-0.39, 0.29) is 43.4 Å². The Balaban J connectivity index is 1.44. The van der Waals surface area contributed by atoms with Gasteiger partial charge in [-0.05, 0) is 51.0 Å². The Bertz CT molecular complexity index is 1600. The number of amides is 1. The van der Waals surface area contributed by atoms with E-state index in [1.165, 1.54) is 39.8 Å². The fraction of sp³-hybridized carbons (Fsp3) is 0.429. The second kappa shape index (κ2) is 11.3. The molecule has 1 saturated heterocycles. The zero-order chi connectivity index (χ0) is 30.2. The Labute approximate surface area is 238 Å². The lowest BCUT2D eigenvalue weighted by atomic mass is 10.1. The van der Waals surface area contributed by atoms with Gasteiger partial charge in [0.25, 0.3) is 0 Å². The highest BCUT2D eigenvalue weighted by Crippen LogP contribution is 2.40. The van der Waals surface area contributed by atoms with E-state index in [9.17, 15) is 22.4 Å². The Morgan fingerprint density at radius 1 is 1.17 bits per heavy atom. The Morgan fingerprint density at radius 2 is 1.95 bits per heavy atom. The summed E-state index contributed by atoms with van der Waals surface area (Å²) in [6, 6.07) is 6.19. The monoisotopic (exact) mass is 590 g/mol. The van der Waals surface area contributed by atoms with Crippen LogP contribution >= 0.6 is 0 Å². The first-order valence-corrected chi connectivity index (χ1v) is 13.3. The number of hydrogen-bond donors (Lipinski definition) is 2. The van der Waals surface area contributed by atoms with E-state index in [1.54, 1.807) is 32.9 Å². The van der Waals surface area contributed by atoms with Gasteiger partial charge in [-0.2, -0.15) is 13.2 Å². The van der Waals surface area contributed by atoms with Gasteiger partial charge < -0.3 is 19.9 Å². The Kier molecular flexibility index (Phi) is 7.94. The second-order valence-electron chi connectivity index (χ2n) is 11.0. The van der Waals surface area contributed by atoms with E-state index in [4.69, 9.17) is 14.6 Å². The van der Waals surface area contributed by atoms with Crippen LogP contribution in [0.3, 0.4) is 0 Å². The molecule has 2 atom stereocenters. The average Bonchev–Trinajstić information content (AvgIpc) is 3.52. The molecule has 1 aliphatic heterocycles. The van der Waals surface area contributed by atoms with Crippen LogP contribution in [0.4, 0.5) is 22.4 Å². The van der Waals surface area contributed by atoms with Gasteiger partial charge in [-0.25, -0.2) is 14.2 Å². The molecule has 0 aliphatic carbocycles. The first-order valence-electron chi connectivity index (χ1n) is 13.3. The van der Waals surface area contributed by atoms with E-state index in [0.29, 0.717) is 28.7 Å². The molecule has 4 heterocycles. The number of alkyl carbamates (subject to hydrolysis) is 1. The van der Waals surface area contributed by atoms with Crippen LogP contribution in [0.2, 0.25) is 0 Å². The standard InChI is InChI=1S/C28H30F4N6O4/c1-27(2,3)42-26(40)33-18-8-9-37(15-18)24(28(30,31)32)17-5-7-23-35-36-25(38(23)14-17)20-6-4-16-12-19(29)22(41-11-10-39)13-21(16)34-20/h4-7,12-14,18,24,39H,8-11,15H2,1-3H3,(H,33,40)/t18-,24+/m0/s1. The molecule has 10 nitrogen and oxygen atoms in total. The predicted octanol–water partition coefficient (Wildman–Crippen LogP) is 4.66. The third kappa shape index (κ3) is 6.39.